The largest absolute Gasteiger partial charge is 0.347 e. The third kappa shape index (κ3) is 2.31. The van der Waals surface area contributed by atoms with E-state index in [1.807, 2.05) is 13.8 Å². The molecule has 5 heteroatoms. The van der Waals surface area contributed by atoms with Crippen LogP contribution in [0.5, 0.6) is 0 Å². The summed E-state index contributed by atoms with van der Waals surface area (Å²) in [5, 5.41) is 6.05. The molecule has 2 N–H and O–H groups in total. The van der Waals surface area contributed by atoms with Crippen LogP contribution in [0.4, 0.5) is 0 Å². The van der Waals surface area contributed by atoms with E-state index in [2.05, 4.69) is 15.6 Å². The van der Waals surface area contributed by atoms with Crippen molar-refractivity contribution in [3.8, 4) is 0 Å². The normalized spacial score (nSPS) is 14.5. The Labute approximate surface area is 98.8 Å². The fourth-order valence-corrected chi connectivity index (χ4v) is 2.18. The SMILES string of the molecule is CC(C(=O)NCc1scnc1C)=C1CNC1. The molecule has 1 aliphatic heterocycles. The smallest absolute Gasteiger partial charge is 0.247 e. The average Bonchev–Trinajstić information content (AvgIpc) is 2.57. The maximum Gasteiger partial charge on any atom is 0.247 e. The van der Waals surface area contributed by atoms with Gasteiger partial charge in [0.2, 0.25) is 5.91 Å². The van der Waals surface area contributed by atoms with Crippen LogP contribution in [0.3, 0.4) is 0 Å². The standard InChI is InChI=1S/C11H15N3OS/c1-7(9-3-12-4-9)11(15)13-5-10-8(2)14-6-16-10/h6,12H,3-5H2,1-2H3,(H,13,15). The van der Waals surface area contributed by atoms with Gasteiger partial charge in [-0.2, -0.15) is 0 Å². The first kappa shape index (κ1) is 11.3. The highest BCUT2D eigenvalue weighted by atomic mass is 32.1. The number of aryl methyl sites for hydroxylation is 1. The molecule has 0 atom stereocenters. The summed E-state index contributed by atoms with van der Waals surface area (Å²) < 4.78 is 0. The van der Waals surface area contributed by atoms with Crippen LogP contribution in [0.1, 0.15) is 17.5 Å². The second kappa shape index (κ2) is 4.76. The number of hydrogen-bond acceptors (Lipinski definition) is 4. The van der Waals surface area contributed by atoms with Crippen molar-refractivity contribution in [3.63, 3.8) is 0 Å². The molecule has 2 heterocycles. The Balaban J connectivity index is 1.91. The molecule has 1 amide bonds. The van der Waals surface area contributed by atoms with Gasteiger partial charge in [0.15, 0.2) is 0 Å². The summed E-state index contributed by atoms with van der Waals surface area (Å²) in [4.78, 5) is 17.0. The number of amides is 1. The minimum Gasteiger partial charge on any atom is -0.347 e. The van der Waals surface area contributed by atoms with Crippen molar-refractivity contribution in [2.24, 2.45) is 0 Å². The number of aromatic nitrogens is 1. The van der Waals surface area contributed by atoms with E-state index in [0.29, 0.717) is 6.54 Å². The molecule has 0 saturated carbocycles. The van der Waals surface area contributed by atoms with E-state index in [-0.39, 0.29) is 5.91 Å². The molecule has 0 aromatic carbocycles. The number of carbonyl (C=O) groups excluding carboxylic acids is 1. The fraction of sp³-hybridized carbons (Fsp3) is 0.455. The summed E-state index contributed by atoms with van der Waals surface area (Å²) >= 11 is 1.58. The molecule has 2 rings (SSSR count). The molecule has 1 aliphatic rings. The molecule has 0 bridgehead atoms. The Morgan fingerprint density at radius 1 is 1.62 bits per heavy atom. The first-order valence-electron chi connectivity index (χ1n) is 5.25. The van der Waals surface area contributed by atoms with E-state index in [1.54, 1.807) is 16.8 Å². The van der Waals surface area contributed by atoms with Crippen LogP contribution in [0, 0.1) is 6.92 Å². The minimum absolute atomic E-state index is 0.0318. The van der Waals surface area contributed by atoms with Gasteiger partial charge in [-0.25, -0.2) is 4.98 Å². The lowest BCUT2D eigenvalue weighted by Gasteiger charge is -2.21. The molecule has 86 valence electrons. The molecule has 1 saturated heterocycles. The van der Waals surface area contributed by atoms with Crippen LogP contribution >= 0.6 is 11.3 Å². The van der Waals surface area contributed by atoms with Gasteiger partial charge in [-0.15, -0.1) is 11.3 Å². The van der Waals surface area contributed by atoms with Crippen molar-refractivity contribution in [1.82, 2.24) is 15.6 Å². The molecular formula is C11H15N3OS. The molecule has 1 fully saturated rings. The van der Waals surface area contributed by atoms with E-state index in [4.69, 9.17) is 0 Å². The highest BCUT2D eigenvalue weighted by Gasteiger charge is 2.15. The van der Waals surface area contributed by atoms with Crippen LogP contribution in [-0.2, 0) is 11.3 Å². The van der Waals surface area contributed by atoms with Crippen molar-refractivity contribution >= 4 is 17.2 Å². The van der Waals surface area contributed by atoms with E-state index in [9.17, 15) is 4.79 Å². The van der Waals surface area contributed by atoms with Crippen molar-refractivity contribution in [2.75, 3.05) is 13.1 Å². The summed E-state index contributed by atoms with van der Waals surface area (Å²) in [7, 11) is 0. The lowest BCUT2D eigenvalue weighted by molar-refractivity contribution is -0.117. The van der Waals surface area contributed by atoms with Gasteiger partial charge in [-0.05, 0) is 19.4 Å². The Morgan fingerprint density at radius 3 is 2.88 bits per heavy atom. The summed E-state index contributed by atoms with van der Waals surface area (Å²) in [6, 6.07) is 0. The number of rotatable bonds is 3. The van der Waals surface area contributed by atoms with Crippen molar-refractivity contribution in [1.29, 1.82) is 0 Å². The van der Waals surface area contributed by atoms with E-state index in [1.165, 1.54) is 5.57 Å². The zero-order valence-corrected chi connectivity index (χ0v) is 10.3. The van der Waals surface area contributed by atoms with E-state index in [0.717, 1.165) is 29.2 Å². The molecule has 0 radical (unpaired) electrons. The number of nitrogens with zero attached hydrogens (tertiary/aromatic N) is 1. The predicted molar refractivity (Wildman–Crippen MR) is 64.3 cm³/mol. The van der Waals surface area contributed by atoms with Crippen LogP contribution in [0.2, 0.25) is 0 Å². The highest BCUT2D eigenvalue weighted by molar-refractivity contribution is 7.09. The zero-order valence-electron chi connectivity index (χ0n) is 9.46. The summed E-state index contributed by atoms with van der Waals surface area (Å²) in [5.74, 6) is 0.0318. The van der Waals surface area contributed by atoms with E-state index < -0.39 is 0 Å². The van der Waals surface area contributed by atoms with Gasteiger partial charge < -0.3 is 10.6 Å². The Kier molecular flexibility index (Phi) is 3.36. The maximum atomic E-state index is 11.8. The number of hydrogen-bond donors (Lipinski definition) is 2. The van der Waals surface area contributed by atoms with E-state index >= 15 is 0 Å². The Hall–Kier alpha value is -1.20. The summed E-state index contributed by atoms with van der Waals surface area (Å²) in [5.41, 5.74) is 4.86. The third-order valence-electron chi connectivity index (χ3n) is 2.80. The zero-order chi connectivity index (χ0) is 11.5. The van der Waals surface area contributed by atoms with Crippen LogP contribution in [-0.4, -0.2) is 24.0 Å². The van der Waals surface area contributed by atoms with Gasteiger partial charge >= 0.3 is 0 Å². The number of carbonyl (C=O) groups is 1. The van der Waals surface area contributed by atoms with Gasteiger partial charge in [0.25, 0.3) is 0 Å². The van der Waals surface area contributed by atoms with Crippen molar-refractivity contribution in [2.45, 2.75) is 20.4 Å². The van der Waals surface area contributed by atoms with Crippen molar-refractivity contribution in [3.05, 3.63) is 27.2 Å². The van der Waals surface area contributed by atoms with Gasteiger partial charge in [0.05, 0.1) is 17.7 Å². The molecule has 0 unspecified atom stereocenters. The second-order valence-electron chi connectivity index (χ2n) is 3.88. The monoisotopic (exact) mass is 237 g/mol. The predicted octanol–water partition coefficient (Wildman–Crippen LogP) is 0.987. The third-order valence-corrected chi connectivity index (χ3v) is 3.74. The second-order valence-corrected chi connectivity index (χ2v) is 4.82. The summed E-state index contributed by atoms with van der Waals surface area (Å²) in [6.45, 7) is 6.11. The quantitative estimate of drug-likeness (QED) is 0.771. The highest BCUT2D eigenvalue weighted by Crippen LogP contribution is 2.12. The van der Waals surface area contributed by atoms with Gasteiger partial charge in [-0.1, -0.05) is 0 Å². The fourth-order valence-electron chi connectivity index (χ4n) is 1.46. The topological polar surface area (TPSA) is 54.0 Å². The van der Waals surface area contributed by atoms with Crippen LogP contribution in [0.15, 0.2) is 16.7 Å². The lowest BCUT2D eigenvalue weighted by atomic mass is 10.0. The first-order chi connectivity index (χ1) is 7.68. The van der Waals surface area contributed by atoms with Crippen molar-refractivity contribution < 1.29 is 4.79 Å². The molecule has 4 nitrogen and oxygen atoms in total. The lowest BCUT2D eigenvalue weighted by Crippen LogP contribution is -2.37. The van der Waals surface area contributed by atoms with Gasteiger partial charge in [0, 0.05) is 23.5 Å². The first-order valence-corrected chi connectivity index (χ1v) is 6.13. The minimum atomic E-state index is 0.0318. The molecule has 0 spiro atoms. The van der Waals surface area contributed by atoms with Gasteiger partial charge in [0.1, 0.15) is 0 Å². The molecule has 0 aliphatic carbocycles. The summed E-state index contributed by atoms with van der Waals surface area (Å²) in [6.07, 6.45) is 0. The number of nitrogens with one attached hydrogen (secondary N) is 2. The Bertz CT molecular complexity index is 430. The van der Waals surface area contributed by atoms with Gasteiger partial charge in [-0.3, -0.25) is 4.79 Å². The maximum absolute atomic E-state index is 11.8. The molecule has 16 heavy (non-hydrogen) atoms. The average molecular weight is 237 g/mol. The molecule has 1 aromatic rings. The number of thiazole rings is 1. The van der Waals surface area contributed by atoms with Crippen LogP contribution in [0.25, 0.3) is 0 Å². The Morgan fingerprint density at radius 2 is 2.38 bits per heavy atom. The molecular weight excluding hydrogens is 222 g/mol. The van der Waals surface area contributed by atoms with Crippen LogP contribution < -0.4 is 10.6 Å². The molecule has 1 aromatic heterocycles.